The van der Waals surface area contributed by atoms with Gasteiger partial charge in [-0.15, -0.1) is 0 Å². The van der Waals surface area contributed by atoms with Crippen LogP contribution in [0.4, 0.5) is 4.79 Å². The van der Waals surface area contributed by atoms with E-state index in [2.05, 4.69) is 10.3 Å². The Bertz CT molecular complexity index is 2240. The fourth-order valence-electron chi connectivity index (χ4n) is 6.63. The molecule has 2 aliphatic rings. The Morgan fingerprint density at radius 3 is 2.73 bits per heavy atom. The average Bonchev–Trinajstić information content (AvgIpc) is 3.77. The molecule has 3 aromatic heterocycles. The topological polar surface area (TPSA) is 126 Å². The lowest BCUT2D eigenvalue weighted by Gasteiger charge is -2.16. The molecule has 1 N–H and O–H groups in total. The number of nitrogens with one attached hydrogen (secondary N) is 1. The summed E-state index contributed by atoms with van der Waals surface area (Å²) in [6.07, 6.45) is 4.08. The summed E-state index contributed by atoms with van der Waals surface area (Å²) in [5.74, 6) is 0.725. The van der Waals surface area contributed by atoms with Crippen molar-refractivity contribution in [2.24, 2.45) is 6.98 Å². The van der Waals surface area contributed by atoms with Gasteiger partial charge in [-0.2, -0.15) is 0 Å². The van der Waals surface area contributed by atoms with Crippen molar-refractivity contribution in [1.82, 2.24) is 23.4 Å². The van der Waals surface area contributed by atoms with Gasteiger partial charge in [0, 0.05) is 41.4 Å². The Morgan fingerprint density at radius 1 is 1.18 bits per heavy atom. The van der Waals surface area contributed by atoms with E-state index < -0.39 is 40.4 Å². The van der Waals surface area contributed by atoms with E-state index >= 15 is 0 Å². The molecule has 0 saturated heterocycles. The summed E-state index contributed by atoms with van der Waals surface area (Å²) in [4.78, 5) is 30.7. The van der Waals surface area contributed by atoms with Crippen molar-refractivity contribution in [3.05, 3.63) is 77.0 Å². The van der Waals surface area contributed by atoms with Crippen LogP contribution in [0.1, 0.15) is 48.8 Å². The van der Waals surface area contributed by atoms with Crippen LogP contribution in [0.5, 0.6) is 5.75 Å². The van der Waals surface area contributed by atoms with E-state index in [1.54, 1.807) is 18.2 Å². The summed E-state index contributed by atoms with van der Waals surface area (Å²) in [7, 11) is -2.91. The first-order valence-electron chi connectivity index (χ1n) is 15.8. The molecule has 1 aliphatic carbocycles. The van der Waals surface area contributed by atoms with Crippen LogP contribution >= 0.6 is 0 Å². The van der Waals surface area contributed by atoms with Gasteiger partial charge in [0.15, 0.2) is 5.65 Å². The number of methoxy groups -OCH3 is 1. The minimum atomic E-state index is -4.18. The summed E-state index contributed by atoms with van der Waals surface area (Å²) < 4.78 is 67.2. The molecule has 1 amide bonds. The zero-order valence-electron chi connectivity index (χ0n) is 27.4. The number of aromatic nitrogens is 4. The Morgan fingerprint density at radius 2 is 1.98 bits per heavy atom. The normalized spacial score (nSPS) is 20.6. The van der Waals surface area contributed by atoms with Crippen LogP contribution in [-0.2, 0) is 28.2 Å². The molecule has 0 unspecified atom stereocenters. The van der Waals surface area contributed by atoms with Gasteiger partial charge in [0.05, 0.1) is 34.6 Å². The molecule has 5 aromatic rings. The fourth-order valence-corrected chi connectivity index (χ4v) is 7.97. The molecule has 0 radical (unpaired) electrons. The quantitative estimate of drug-likeness (QED) is 0.301. The second-order valence-electron chi connectivity index (χ2n) is 12.0. The predicted molar refractivity (Wildman–Crippen MR) is 166 cm³/mol. The number of rotatable bonds is 5. The number of carbonyl (C=O) groups is 1. The molecule has 228 valence electrons. The third-order valence-electron chi connectivity index (χ3n) is 8.57. The van der Waals surface area contributed by atoms with Crippen molar-refractivity contribution in [3.63, 3.8) is 0 Å². The largest absolute Gasteiger partial charge is 0.487 e. The minimum Gasteiger partial charge on any atom is -0.487 e. The highest BCUT2D eigenvalue weighted by atomic mass is 32.2. The van der Waals surface area contributed by atoms with Gasteiger partial charge in [0.2, 0.25) is 0 Å². The van der Waals surface area contributed by atoms with Crippen LogP contribution in [0.15, 0.2) is 70.6 Å². The average molecular weight is 619 g/mol. The third kappa shape index (κ3) is 4.38. The van der Waals surface area contributed by atoms with E-state index in [0.29, 0.717) is 42.2 Å². The van der Waals surface area contributed by atoms with Gasteiger partial charge in [0.25, 0.3) is 10.0 Å². The van der Waals surface area contributed by atoms with Gasteiger partial charge in [-0.3, -0.25) is 9.13 Å². The summed E-state index contributed by atoms with van der Waals surface area (Å²) in [6, 6.07) is 12.7. The summed E-state index contributed by atoms with van der Waals surface area (Å²) in [6.45, 7) is 1.12. The number of ether oxygens (including phenoxy) is 2. The van der Waals surface area contributed by atoms with E-state index in [0.717, 1.165) is 19.9 Å². The van der Waals surface area contributed by atoms with Gasteiger partial charge in [-0.1, -0.05) is 24.3 Å². The zero-order chi connectivity index (χ0) is 33.5. The molecular weight excluding hydrogens is 582 g/mol. The van der Waals surface area contributed by atoms with Crippen molar-refractivity contribution in [1.29, 1.82) is 0 Å². The first-order chi connectivity index (χ1) is 22.2. The van der Waals surface area contributed by atoms with Crippen LogP contribution in [0.2, 0.25) is 0 Å². The van der Waals surface area contributed by atoms with Gasteiger partial charge in [-0.25, -0.2) is 27.0 Å². The maximum absolute atomic E-state index is 14.1. The first kappa shape index (κ1) is 24.8. The standard InChI is InChI=1S/C32H33N5O6S/c1-32(2)16-20-14-19(10-13-26(20)43-32)24-18-36(44(40,41)23-8-6-5-7-9-23)29-27(24)28-25(17-33-29)35(3)31(39)37(28)22-12-11-21(15-22)34-30(38)42-4/h5-10,13-14,17-18,21-22H,11-12,15-16H2,1-4H3,(H,34,38)/t21-,22-/m1/s1/i3D3. The first-order valence-corrected chi connectivity index (χ1v) is 15.8. The van der Waals surface area contributed by atoms with E-state index in [1.165, 1.54) is 36.2 Å². The number of benzene rings is 2. The second-order valence-corrected chi connectivity index (χ2v) is 13.8. The SMILES string of the molecule is [2H]C([2H])([2H])n1c(=O)n([C@@H]2CC[C@@H](NC(=O)OC)C2)c2c3c(-c4ccc5c(c4)CC(C)(C)O5)cn(S(=O)(=O)c4ccccc4)c3ncc21. The smallest absolute Gasteiger partial charge is 0.407 e. The van der Waals surface area contributed by atoms with E-state index in [-0.39, 0.29) is 27.6 Å². The van der Waals surface area contributed by atoms with Crippen LogP contribution < -0.4 is 15.7 Å². The van der Waals surface area contributed by atoms with Gasteiger partial charge < -0.3 is 14.8 Å². The fraction of sp³-hybridized carbons (Fsp3) is 0.344. The van der Waals surface area contributed by atoms with Crippen LogP contribution in [-0.4, -0.2) is 51.4 Å². The minimum absolute atomic E-state index is 0.0411. The maximum Gasteiger partial charge on any atom is 0.407 e. The Labute approximate surface area is 258 Å². The molecule has 1 aliphatic heterocycles. The molecule has 11 nitrogen and oxygen atoms in total. The molecule has 1 saturated carbocycles. The number of fused-ring (bicyclic) bond motifs is 4. The Balaban J connectivity index is 1.55. The van der Waals surface area contributed by atoms with Gasteiger partial charge in [0.1, 0.15) is 11.4 Å². The number of hydrogen-bond acceptors (Lipinski definition) is 7. The highest BCUT2D eigenvalue weighted by Crippen LogP contribution is 2.42. The lowest BCUT2D eigenvalue weighted by atomic mass is 9.97. The summed E-state index contributed by atoms with van der Waals surface area (Å²) in [5, 5.41) is 3.10. The maximum atomic E-state index is 14.1. The molecular formula is C32H33N5O6S. The Hall–Kier alpha value is -4.58. The monoisotopic (exact) mass is 618 g/mol. The highest BCUT2D eigenvalue weighted by molar-refractivity contribution is 7.90. The van der Waals surface area contributed by atoms with Crippen molar-refractivity contribution < 1.29 is 26.8 Å². The summed E-state index contributed by atoms with van der Waals surface area (Å²) in [5.41, 5.74) is 1.22. The van der Waals surface area contributed by atoms with Crippen molar-refractivity contribution in [3.8, 4) is 16.9 Å². The third-order valence-corrected chi connectivity index (χ3v) is 10.2. The lowest BCUT2D eigenvalue weighted by molar-refractivity contribution is 0.138. The second kappa shape index (κ2) is 9.98. The number of aryl methyl sites for hydroxylation is 1. The number of hydrogen-bond donors (Lipinski definition) is 1. The van der Waals surface area contributed by atoms with Crippen LogP contribution in [0.25, 0.3) is 33.2 Å². The molecule has 44 heavy (non-hydrogen) atoms. The van der Waals surface area contributed by atoms with Crippen molar-refractivity contribution in [2.75, 3.05) is 7.11 Å². The predicted octanol–water partition coefficient (Wildman–Crippen LogP) is 4.76. The Kier molecular flexibility index (Phi) is 5.63. The molecule has 1 fully saturated rings. The molecule has 7 rings (SSSR count). The van der Waals surface area contributed by atoms with E-state index in [1.807, 2.05) is 32.0 Å². The number of carbonyl (C=O) groups excluding carboxylic acids is 1. The van der Waals surface area contributed by atoms with Crippen molar-refractivity contribution in [2.45, 2.75) is 62.1 Å². The number of imidazole rings is 1. The van der Waals surface area contributed by atoms with Crippen LogP contribution in [0.3, 0.4) is 0 Å². The van der Waals surface area contributed by atoms with E-state index in [4.69, 9.17) is 13.6 Å². The summed E-state index contributed by atoms with van der Waals surface area (Å²) >= 11 is 0. The molecule has 0 spiro atoms. The number of nitrogens with zero attached hydrogens (tertiary/aromatic N) is 4. The van der Waals surface area contributed by atoms with Crippen molar-refractivity contribution >= 4 is 38.2 Å². The molecule has 0 bridgehead atoms. The van der Waals surface area contributed by atoms with E-state index in [9.17, 15) is 18.0 Å². The van der Waals surface area contributed by atoms with Crippen LogP contribution in [0, 0.1) is 0 Å². The lowest BCUT2D eigenvalue weighted by Crippen LogP contribution is -2.33. The molecule has 2 aromatic carbocycles. The van der Waals surface area contributed by atoms with Gasteiger partial charge >= 0.3 is 11.8 Å². The molecule has 2 atom stereocenters. The molecule has 4 heterocycles. The zero-order valence-corrected chi connectivity index (χ0v) is 25.2. The number of pyridine rings is 1. The highest BCUT2D eigenvalue weighted by Gasteiger charge is 2.34. The van der Waals surface area contributed by atoms with Gasteiger partial charge in [-0.05, 0) is 68.5 Å². The molecule has 12 heteroatoms. The number of amides is 1. The number of alkyl carbamates (subject to hydrolysis) is 1.